The number of hydrogen-bond acceptors (Lipinski definition) is 3. The highest BCUT2D eigenvalue weighted by Crippen LogP contribution is 2.40. The fraction of sp³-hybridized carbons (Fsp3) is 0.0714. The standard InChI is InChI=1S/C28H23N3/c1-31-27(23-16-8-3-9-17-23)29-26(22-14-6-2-7-15-22)30-28(31,24-18-10-4-11-19-24)25-20-12-5-13-21-25/h2-21H,1H3. The molecule has 0 atom stereocenters. The van der Waals surface area contributed by atoms with Crippen LogP contribution < -0.4 is 0 Å². The minimum atomic E-state index is -0.735. The third kappa shape index (κ3) is 3.34. The zero-order chi connectivity index (χ0) is 21.1. The second kappa shape index (κ2) is 8.04. The van der Waals surface area contributed by atoms with Crippen molar-refractivity contribution in [1.82, 2.24) is 4.90 Å². The smallest absolute Gasteiger partial charge is 0.187 e. The summed E-state index contributed by atoms with van der Waals surface area (Å²) in [5, 5.41) is 0. The third-order valence-electron chi connectivity index (χ3n) is 5.70. The zero-order valence-electron chi connectivity index (χ0n) is 17.4. The van der Waals surface area contributed by atoms with Gasteiger partial charge in [0.25, 0.3) is 0 Å². The molecule has 0 N–H and O–H groups in total. The van der Waals surface area contributed by atoms with Crippen molar-refractivity contribution in [2.45, 2.75) is 5.66 Å². The fourth-order valence-corrected chi connectivity index (χ4v) is 4.17. The summed E-state index contributed by atoms with van der Waals surface area (Å²) in [6, 6.07) is 41.5. The average molecular weight is 402 g/mol. The summed E-state index contributed by atoms with van der Waals surface area (Å²) in [5.41, 5.74) is 3.52. The monoisotopic (exact) mass is 401 g/mol. The first-order valence-corrected chi connectivity index (χ1v) is 10.4. The van der Waals surface area contributed by atoms with Crippen molar-refractivity contribution < 1.29 is 0 Å². The van der Waals surface area contributed by atoms with Crippen LogP contribution in [0.2, 0.25) is 0 Å². The van der Waals surface area contributed by atoms with E-state index in [1.807, 2.05) is 48.5 Å². The zero-order valence-corrected chi connectivity index (χ0v) is 17.4. The van der Waals surface area contributed by atoms with Crippen LogP contribution >= 0.6 is 0 Å². The fourth-order valence-electron chi connectivity index (χ4n) is 4.17. The van der Waals surface area contributed by atoms with Crippen molar-refractivity contribution in [2.24, 2.45) is 9.98 Å². The summed E-state index contributed by atoms with van der Waals surface area (Å²) in [6.45, 7) is 0. The molecule has 31 heavy (non-hydrogen) atoms. The van der Waals surface area contributed by atoms with E-state index in [9.17, 15) is 0 Å². The highest BCUT2D eigenvalue weighted by molar-refractivity contribution is 6.13. The van der Waals surface area contributed by atoms with E-state index in [2.05, 4.69) is 84.7 Å². The molecule has 0 saturated heterocycles. The van der Waals surface area contributed by atoms with Gasteiger partial charge in [0.15, 0.2) is 11.5 Å². The summed E-state index contributed by atoms with van der Waals surface area (Å²) < 4.78 is 0. The molecule has 0 spiro atoms. The van der Waals surface area contributed by atoms with E-state index in [-0.39, 0.29) is 0 Å². The Morgan fingerprint density at radius 1 is 0.548 bits per heavy atom. The normalized spacial score (nSPS) is 15.2. The maximum absolute atomic E-state index is 5.34. The first-order chi connectivity index (χ1) is 15.3. The quantitative estimate of drug-likeness (QED) is 0.429. The van der Waals surface area contributed by atoms with Gasteiger partial charge in [-0.2, -0.15) is 0 Å². The van der Waals surface area contributed by atoms with Crippen LogP contribution in [0.1, 0.15) is 22.3 Å². The molecule has 0 fully saturated rings. The second-order valence-electron chi connectivity index (χ2n) is 7.57. The lowest BCUT2D eigenvalue weighted by Gasteiger charge is -2.44. The first kappa shape index (κ1) is 19.0. The molecule has 150 valence electrons. The van der Waals surface area contributed by atoms with Crippen LogP contribution in [0.25, 0.3) is 0 Å². The van der Waals surface area contributed by atoms with Gasteiger partial charge in [-0.15, -0.1) is 0 Å². The Balaban J connectivity index is 1.83. The molecule has 0 saturated carbocycles. The van der Waals surface area contributed by atoms with E-state index >= 15 is 0 Å². The number of nitrogens with zero attached hydrogens (tertiary/aromatic N) is 3. The molecule has 1 heterocycles. The van der Waals surface area contributed by atoms with Crippen molar-refractivity contribution in [3.63, 3.8) is 0 Å². The SMILES string of the molecule is CN1C(c2ccccc2)=NC(c2ccccc2)=NC1(c1ccccc1)c1ccccc1. The van der Waals surface area contributed by atoms with Crippen LogP contribution in [0.3, 0.4) is 0 Å². The van der Waals surface area contributed by atoms with Gasteiger partial charge in [-0.1, -0.05) is 121 Å². The molecular weight excluding hydrogens is 378 g/mol. The number of benzene rings is 4. The van der Waals surface area contributed by atoms with Crippen LogP contribution in [0, 0.1) is 0 Å². The molecule has 0 radical (unpaired) electrons. The maximum Gasteiger partial charge on any atom is 0.187 e. The molecule has 0 amide bonds. The van der Waals surface area contributed by atoms with Crippen LogP contribution in [0.15, 0.2) is 131 Å². The molecule has 5 rings (SSSR count). The molecule has 0 unspecified atom stereocenters. The minimum absolute atomic E-state index is 0.727. The molecule has 4 aromatic carbocycles. The Morgan fingerprint density at radius 2 is 0.968 bits per heavy atom. The van der Waals surface area contributed by atoms with Gasteiger partial charge in [-0.05, 0) is 0 Å². The van der Waals surface area contributed by atoms with Crippen molar-refractivity contribution in [1.29, 1.82) is 0 Å². The average Bonchev–Trinajstić information content (AvgIpc) is 2.86. The highest BCUT2D eigenvalue weighted by Gasteiger charge is 2.43. The Labute approximate surface area is 183 Å². The van der Waals surface area contributed by atoms with Crippen molar-refractivity contribution in [3.05, 3.63) is 144 Å². The second-order valence-corrected chi connectivity index (χ2v) is 7.57. The van der Waals surface area contributed by atoms with Crippen molar-refractivity contribution in [3.8, 4) is 0 Å². The molecular formula is C28H23N3. The summed E-state index contributed by atoms with van der Waals surface area (Å²) >= 11 is 0. The van der Waals surface area contributed by atoms with Gasteiger partial charge in [0, 0.05) is 29.3 Å². The van der Waals surface area contributed by atoms with E-state index in [4.69, 9.17) is 9.98 Å². The number of aliphatic imine (C=N–C) groups is 2. The van der Waals surface area contributed by atoms with Crippen molar-refractivity contribution in [2.75, 3.05) is 7.05 Å². The largest absolute Gasteiger partial charge is 0.327 e. The lowest BCUT2D eigenvalue weighted by molar-refractivity contribution is 0.269. The van der Waals surface area contributed by atoms with Gasteiger partial charge >= 0.3 is 0 Å². The summed E-state index contributed by atoms with van der Waals surface area (Å²) in [4.78, 5) is 12.6. The summed E-state index contributed by atoms with van der Waals surface area (Å²) in [7, 11) is 2.08. The predicted molar refractivity (Wildman–Crippen MR) is 127 cm³/mol. The van der Waals surface area contributed by atoms with Gasteiger partial charge in [0.1, 0.15) is 5.84 Å². The van der Waals surface area contributed by atoms with Crippen LogP contribution in [-0.2, 0) is 5.66 Å². The summed E-state index contributed by atoms with van der Waals surface area (Å²) in [6.07, 6.45) is 0. The third-order valence-corrected chi connectivity index (χ3v) is 5.70. The van der Waals surface area contributed by atoms with Gasteiger partial charge in [-0.25, -0.2) is 9.98 Å². The topological polar surface area (TPSA) is 28.0 Å². The van der Waals surface area contributed by atoms with Crippen LogP contribution in [0.4, 0.5) is 0 Å². The Kier molecular flexibility index (Phi) is 4.93. The van der Waals surface area contributed by atoms with Gasteiger partial charge in [0.05, 0.1) is 0 Å². The van der Waals surface area contributed by atoms with Gasteiger partial charge < -0.3 is 4.90 Å². The van der Waals surface area contributed by atoms with E-state index in [1.165, 1.54) is 0 Å². The lowest BCUT2D eigenvalue weighted by Crippen LogP contribution is -2.50. The van der Waals surface area contributed by atoms with Crippen LogP contribution in [0.5, 0.6) is 0 Å². The molecule has 1 aliphatic heterocycles. The molecule has 3 nitrogen and oxygen atoms in total. The molecule has 0 aliphatic carbocycles. The van der Waals surface area contributed by atoms with Gasteiger partial charge in [-0.3, -0.25) is 0 Å². The van der Waals surface area contributed by atoms with Crippen LogP contribution in [-0.4, -0.2) is 23.6 Å². The molecule has 0 aromatic heterocycles. The number of hydrogen-bond donors (Lipinski definition) is 0. The highest BCUT2D eigenvalue weighted by atomic mass is 15.4. The van der Waals surface area contributed by atoms with E-state index < -0.39 is 5.66 Å². The number of rotatable bonds is 4. The minimum Gasteiger partial charge on any atom is -0.327 e. The predicted octanol–water partition coefficient (Wildman–Crippen LogP) is 5.73. The molecule has 4 aromatic rings. The Morgan fingerprint density at radius 3 is 1.45 bits per heavy atom. The molecule has 0 bridgehead atoms. The Hall–Kier alpha value is -3.98. The van der Waals surface area contributed by atoms with E-state index in [0.717, 1.165) is 33.9 Å². The first-order valence-electron chi connectivity index (χ1n) is 10.4. The van der Waals surface area contributed by atoms with Crippen molar-refractivity contribution >= 4 is 11.7 Å². The summed E-state index contributed by atoms with van der Waals surface area (Å²) in [5.74, 6) is 1.62. The van der Waals surface area contributed by atoms with E-state index in [1.54, 1.807) is 0 Å². The lowest BCUT2D eigenvalue weighted by atomic mass is 9.88. The molecule has 1 aliphatic rings. The molecule has 3 heteroatoms. The van der Waals surface area contributed by atoms with E-state index in [0.29, 0.717) is 0 Å². The number of amidine groups is 2. The van der Waals surface area contributed by atoms with Gasteiger partial charge in [0.2, 0.25) is 0 Å². The maximum atomic E-state index is 5.34. The Bertz CT molecular complexity index is 1180.